The molecule has 1 aliphatic rings. The van der Waals surface area contributed by atoms with E-state index in [2.05, 4.69) is 47.7 Å². The second-order valence-electron chi connectivity index (χ2n) is 8.60. The van der Waals surface area contributed by atoms with Crippen molar-refractivity contribution < 1.29 is 4.79 Å². The minimum Gasteiger partial charge on any atom is -0.357 e. The molecule has 3 heterocycles. The Balaban J connectivity index is 1.74. The molecule has 1 saturated heterocycles. The smallest absolute Gasteiger partial charge is 0.253 e. The number of nitrogens with zero attached hydrogens (tertiary/aromatic N) is 3. The summed E-state index contributed by atoms with van der Waals surface area (Å²) in [5.41, 5.74) is 3.76. The zero-order valence-corrected chi connectivity index (χ0v) is 18.0. The lowest BCUT2D eigenvalue weighted by molar-refractivity contribution is 0.0951. The molecule has 1 aliphatic heterocycles. The molecule has 1 fully saturated rings. The van der Waals surface area contributed by atoms with Gasteiger partial charge in [0.05, 0.1) is 17.4 Å². The average Bonchev–Trinajstić information content (AvgIpc) is 2.96. The van der Waals surface area contributed by atoms with Crippen LogP contribution < -0.4 is 10.2 Å². The summed E-state index contributed by atoms with van der Waals surface area (Å²) >= 11 is 0. The van der Waals surface area contributed by atoms with E-state index in [1.807, 2.05) is 26.1 Å². The second kappa shape index (κ2) is 8.80. The van der Waals surface area contributed by atoms with Crippen LogP contribution in [0.2, 0.25) is 0 Å². The second-order valence-corrected chi connectivity index (χ2v) is 8.60. The number of rotatable bonds is 6. The number of carbonyl (C=O) groups is 1. The summed E-state index contributed by atoms with van der Waals surface area (Å²) in [6.07, 6.45) is 5.38. The molecule has 1 N–H and O–H groups in total. The fourth-order valence-electron chi connectivity index (χ4n) is 3.89. The molecule has 5 nitrogen and oxygen atoms in total. The van der Waals surface area contributed by atoms with Crippen molar-refractivity contribution in [1.29, 1.82) is 0 Å². The van der Waals surface area contributed by atoms with Gasteiger partial charge in [-0.2, -0.15) is 0 Å². The number of aromatic nitrogens is 2. The van der Waals surface area contributed by atoms with E-state index in [4.69, 9.17) is 4.98 Å². The Morgan fingerprint density at radius 3 is 2.57 bits per heavy atom. The highest BCUT2D eigenvalue weighted by molar-refractivity contribution is 5.95. The van der Waals surface area contributed by atoms with Gasteiger partial charge in [0.25, 0.3) is 5.91 Å². The highest BCUT2D eigenvalue weighted by Gasteiger charge is 2.19. The van der Waals surface area contributed by atoms with E-state index in [-0.39, 0.29) is 5.91 Å². The van der Waals surface area contributed by atoms with Gasteiger partial charge in [-0.05, 0) is 63.1 Å². The van der Waals surface area contributed by atoms with Gasteiger partial charge >= 0.3 is 0 Å². The van der Waals surface area contributed by atoms with E-state index in [0.29, 0.717) is 12.5 Å². The number of carbonyl (C=O) groups excluding carboxylic acids is 1. The molecule has 0 bridgehead atoms. The zero-order valence-electron chi connectivity index (χ0n) is 18.0. The summed E-state index contributed by atoms with van der Waals surface area (Å²) in [6.45, 7) is 13.6. The highest BCUT2D eigenvalue weighted by atomic mass is 16.1. The maximum atomic E-state index is 12.6. The SMILES string of the molecule is Cc1cc(C(=O)NCCC(C)C)c(C)n1-c1ccc(N2CCC(C)CC2)nc1. The number of hydrogen-bond donors (Lipinski definition) is 1. The zero-order chi connectivity index (χ0) is 20.3. The Bertz CT molecular complexity index is 799. The Morgan fingerprint density at radius 2 is 1.96 bits per heavy atom. The standard InChI is InChI=1S/C23H34N4O/c1-16(2)8-11-24-23(28)21-14-18(4)27(19(21)5)20-6-7-22(25-15-20)26-12-9-17(3)10-13-26/h6-7,14-17H,8-13H2,1-5H3,(H,24,28). The van der Waals surface area contributed by atoms with Gasteiger partial charge in [0, 0.05) is 31.0 Å². The molecule has 2 aromatic heterocycles. The van der Waals surface area contributed by atoms with Crippen LogP contribution in [0.15, 0.2) is 24.4 Å². The van der Waals surface area contributed by atoms with Gasteiger partial charge in [-0.3, -0.25) is 4.79 Å². The van der Waals surface area contributed by atoms with Crippen molar-refractivity contribution in [1.82, 2.24) is 14.9 Å². The van der Waals surface area contributed by atoms with Gasteiger partial charge in [0.15, 0.2) is 0 Å². The highest BCUT2D eigenvalue weighted by Crippen LogP contribution is 2.24. The first-order valence-corrected chi connectivity index (χ1v) is 10.5. The first-order valence-electron chi connectivity index (χ1n) is 10.5. The first-order chi connectivity index (χ1) is 13.4. The Hall–Kier alpha value is -2.30. The van der Waals surface area contributed by atoms with Crippen molar-refractivity contribution in [2.45, 2.75) is 53.9 Å². The van der Waals surface area contributed by atoms with E-state index < -0.39 is 0 Å². The molecule has 0 spiro atoms. The largest absolute Gasteiger partial charge is 0.357 e. The van der Waals surface area contributed by atoms with Crippen LogP contribution >= 0.6 is 0 Å². The number of hydrogen-bond acceptors (Lipinski definition) is 3. The van der Waals surface area contributed by atoms with Crippen molar-refractivity contribution in [2.24, 2.45) is 11.8 Å². The van der Waals surface area contributed by atoms with Gasteiger partial charge in [0.1, 0.15) is 5.82 Å². The van der Waals surface area contributed by atoms with Crippen LogP contribution in [0, 0.1) is 25.7 Å². The maximum absolute atomic E-state index is 12.6. The summed E-state index contributed by atoms with van der Waals surface area (Å²) in [6, 6.07) is 6.19. The quantitative estimate of drug-likeness (QED) is 0.800. The third kappa shape index (κ3) is 4.57. The Morgan fingerprint density at radius 1 is 1.25 bits per heavy atom. The van der Waals surface area contributed by atoms with Crippen molar-refractivity contribution in [3.05, 3.63) is 41.3 Å². The van der Waals surface area contributed by atoms with Crippen molar-refractivity contribution in [3.63, 3.8) is 0 Å². The summed E-state index contributed by atoms with van der Waals surface area (Å²) in [5.74, 6) is 2.45. The minimum absolute atomic E-state index is 0.00650. The van der Waals surface area contributed by atoms with Crippen LogP contribution in [0.25, 0.3) is 5.69 Å². The normalized spacial score (nSPS) is 15.3. The van der Waals surface area contributed by atoms with Crippen molar-refractivity contribution >= 4 is 11.7 Å². The molecule has 0 aliphatic carbocycles. The summed E-state index contributed by atoms with van der Waals surface area (Å²) < 4.78 is 2.12. The molecular formula is C23H34N4O. The van der Waals surface area contributed by atoms with Gasteiger partial charge in [-0.25, -0.2) is 4.98 Å². The summed E-state index contributed by atoms with van der Waals surface area (Å²) in [5, 5.41) is 3.04. The van der Waals surface area contributed by atoms with Gasteiger partial charge in [-0.1, -0.05) is 20.8 Å². The molecule has 0 atom stereocenters. The molecule has 0 aromatic carbocycles. The van der Waals surface area contributed by atoms with Gasteiger partial charge in [0.2, 0.25) is 0 Å². The Kier molecular flexibility index (Phi) is 6.42. The molecule has 2 aromatic rings. The lowest BCUT2D eigenvalue weighted by Gasteiger charge is -2.31. The molecule has 3 rings (SSSR count). The van der Waals surface area contributed by atoms with Crippen LogP contribution in [-0.4, -0.2) is 35.1 Å². The first kappa shape index (κ1) is 20.4. The van der Waals surface area contributed by atoms with E-state index >= 15 is 0 Å². The number of aryl methyl sites for hydroxylation is 1. The Labute approximate surface area is 169 Å². The van der Waals surface area contributed by atoms with Crippen LogP contribution in [0.5, 0.6) is 0 Å². The lowest BCUT2D eigenvalue weighted by atomic mass is 9.99. The van der Waals surface area contributed by atoms with E-state index in [1.165, 1.54) is 12.8 Å². The minimum atomic E-state index is 0.00650. The predicted molar refractivity (Wildman–Crippen MR) is 115 cm³/mol. The van der Waals surface area contributed by atoms with Gasteiger partial charge in [-0.15, -0.1) is 0 Å². The van der Waals surface area contributed by atoms with Crippen molar-refractivity contribution in [3.8, 4) is 5.69 Å². The molecule has 28 heavy (non-hydrogen) atoms. The molecule has 5 heteroatoms. The van der Waals surface area contributed by atoms with E-state index in [1.54, 1.807) is 0 Å². The molecule has 152 valence electrons. The maximum Gasteiger partial charge on any atom is 0.253 e. The van der Waals surface area contributed by atoms with Gasteiger partial charge < -0.3 is 14.8 Å². The fraction of sp³-hybridized carbons (Fsp3) is 0.565. The molecule has 1 amide bonds. The number of anilines is 1. The van der Waals surface area contributed by atoms with Crippen LogP contribution in [0.1, 0.15) is 61.8 Å². The van der Waals surface area contributed by atoms with Crippen LogP contribution in [0.3, 0.4) is 0 Å². The molecule has 0 radical (unpaired) electrons. The molecule has 0 saturated carbocycles. The van der Waals surface area contributed by atoms with E-state index in [0.717, 1.165) is 53.9 Å². The van der Waals surface area contributed by atoms with Crippen molar-refractivity contribution in [2.75, 3.05) is 24.5 Å². The number of amides is 1. The third-order valence-corrected chi connectivity index (χ3v) is 5.78. The predicted octanol–water partition coefficient (Wildman–Crippen LogP) is 4.50. The third-order valence-electron chi connectivity index (χ3n) is 5.78. The molecular weight excluding hydrogens is 348 g/mol. The number of pyridine rings is 1. The average molecular weight is 383 g/mol. The number of piperidine rings is 1. The number of nitrogens with one attached hydrogen (secondary N) is 1. The summed E-state index contributed by atoms with van der Waals surface area (Å²) in [7, 11) is 0. The summed E-state index contributed by atoms with van der Waals surface area (Å²) in [4.78, 5) is 19.7. The lowest BCUT2D eigenvalue weighted by Crippen LogP contribution is -2.33. The monoisotopic (exact) mass is 382 g/mol. The van der Waals surface area contributed by atoms with Crippen LogP contribution in [0.4, 0.5) is 5.82 Å². The van der Waals surface area contributed by atoms with E-state index in [9.17, 15) is 4.79 Å². The molecule has 0 unspecified atom stereocenters. The fourth-order valence-corrected chi connectivity index (χ4v) is 3.89. The topological polar surface area (TPSA) is 50.2 Å². The van der Waals surface area contributed by atoms with Crippen LogP contribution in [-0.2, 0) is 0 Å².